The molecular weight excluding hydrogens is 408 g/mol. The summed E-state index contributed by atoms with van der Waals surface area (Å²) in [6, 6.07) is 11.5. The van der Waals surface area contributed by atoms with Crippen molar-refractivity contribution in [3.05, 3.63) is 53.2 Å². The van der Waals surface area contributed by atoms with Crippen molar-refractivity contribution in [2.45, 2.75) is 18.1 Å². The van der Waals surface area contributed by atoms with Crippen LogP contribution in [0.4, 0.5) is 5.82 Å². The minimum atomic E-state index is -0.588. The standard InChI is InChI=1S/C24H24N4O4/c25-9-16-4-2-7-26-22(16)27-11-20-18(12-29)19-10-28(14-24(19,13-27)32-20)23(30)17-5-1-3-15-6-8-31-21(15)17/h1-5,7,18-20,29H,6,8,10-14H2/t18-,19+,20+,24+/m0/s1. The number of nitriles is 1. The van der Waals surface area contributed by atoms with Crippen LogP contribution in [-0.2, 0) is 11.2 Å². The molecule has 1 N–H and O–H groups in total. The van der Waals surface area contributed by atoms with Gasteiger partial charge in [0, 0.05) is 44.1 Å². The molecule has 8 heteroatoms. The molecule has 5 heterocycles. The molecule has 6 rings (SSSR count). The topological polar surface area (TPSA) is 98.9 Å². The molecule has 32 heavy (non-hydrogen) atoms. The van der Waals surface area contributed by atoms with Crippen molar-refractivity contribution in [1.29, 1.82) is 5.26 Å². The predicted molar refractivity (Wildman–Crippen MR) is 114 cm³/mol. The fraction of sp³-hybridized carbons (Fsp3) is 0.458. The molecule has 2 bridgehead atoms. The highest BCUT2D eigenvalue weighted by atomic mass is 16.5. The number of aliphatic hydroxyl groups is 1. The number of hydrogen-bond donors (Lipinski definition) is 1. The van der Waals surface area contributed by atoms with Crippen molar-refractivity contribution < 1.29 is 19.4 Å². The molecular formula is C24H24N4O4. The molecule has 1 spiro atoms. The molecule has 4 aliphatic heterocycles. The van der Waals surface area contributed by atoms with Crippen LogP contribution in [0.25, 0.3) is 0 Å². The van der Waals surface area contributed by atoms with Gasteiger partial charge in [-0.3, -0.25) is 4.79 Å². The van der Waals surface area contributed by atoms with Crippen molar-refractivity contribution in [1.82, 2.24) is 9.88 Å². The summed E-state index contributed by atoms with van der Waals surface area (Å²) in [6.45, 7) is 2.68. The molecule has 1 amide bonds. The van der Waals surface area contributed by atoms with E-state index in [0.717, 1.165) is 12.0 Å². The molecule has 2 aromatic rings. The number of aliphatic hydroxyl groups excluding tert-OH is 1. The number of pyridine rings is 1. The van der Waals surface area contributed by atoms with Crippen molar-refractivity contribution >= 4 is 11.7 Å². The summed E-state index contributed by atoms with van der Waals surface area (Å²) in [5, 5.41) is 19.7. The number of rotatable bonds is 3. The monoisotopic (exact) mass is 432 g/mol. The fourth-order valence-corrected chi connectivity index (χ4v) is 6.04. The smallest absolute Gasteiger partial charge is 0.257 e. The average Bonchev–Trinajstić information content (AvgIpc) is 3.48. The second-order valence-corrected chi connectivity index (χ2v) is 9.12. The first-order chi connectivity index (χ1) is 15.6. The van der Waals surface area contributed by atoms with Gasteiger partial charge in [-0.15, -0.1) is 0 Å². The van der Waals surface area contributed by atoms with Gasteiger partial charge in [-0.25, -0.2) is 4.98 Å². The van der Waals surface area contributed by atoms with Gasteiger partial charge >= 0.3 is 0 Å². The number of morpholine rings is 1. The number of likely N-dealkylation sites (tertiary alicyclic amines) is 1. The number of carbonyl (C=O) groups excluding carboxylic acids is 1. The van der Waals surface area contributed by atoms with Gasteiger partial charge < -0.3 is 24.4 Å². The minimum absolute atomic E-state index is 0.00409. The zero-order valence-electron chi connectivity index (χ0n) is 17.6. The summed E-state index contributed by atoms with van der Waals surface area (Å²) in [7, 11) is 0. The van der Waals surface area contributed by atoms with E-state index < -0.39 is 5.60 Å². The summed E-state index contributed by atoms with van der Waals surface area (Å²) in [5.74, 6) is 1.24. The van der Waals surface area contributed by atoms with E-state index in [2.05, 4.69) is 16.0 Å². The Morgan fingerprint density at radius 3 is 3.03 bits per heavy atom. The van der Waals surface area contributed by atoms with E-state index >= 15 is 0 Å². The molecule has 1 aromatic carbocycles. The maximum atomic E-state index is 13.5. The number of carbonyl (C=O) groups is 1. The molecule has 3 fully saturated rings. The van der Waals surface area contributed by atoms with Gasteiger partial charge in [0.15, 0.2) is 0 Å². The number of anilines is 1. The Kier molecular flexibility index (Phi) is 4.39. The first kappa shape index (κ1) is 19.5. The minimum Gasteiger partial charge on any atom is -0.492 e. The number of nitrogens with zero attached hydrogens (tertiary/aromatic N) is 4. The summed E-state index contributed by atoms with van der Waals surface area (Å²) in [5.41, 5.74) is 1.60. The summed E-state index contributed by atoms with van der Waals surface area (Å²) < 4.78 is 12.3. The van der Waals surface area contributed by atoms with Crippen LogP contribution < -0.4 is 9.64 Å². The number of aromatic nitrogens is 1. The van der Waals surface area contributed by atoms with E-state index in [1.165, 1.54) is 0 Å². The first-order valence-corrected chi connectivity index (χ1v) is 11.1. The average molecular weight is 432 g/mol. The number of fused-ring (bicyclic) bond motifs is 2. The van der Waals surface area contributed by atoms with Gasteiger partial charge in [0.1, 0.15) is 23.2 Å². The second-order valence-electron chi connectivity index (χ2n) is 9.12. The van der Waals surface area contributed by atoms with Crippen molar-refractivity contribution in [3.8, 4) is 11.8 Å². The summed E-state index contributed by atoms with van der Waals surface area (Å²) >= 11 is 0. The van der Waals surface area contributed by atoms with Gasteiger partial charge in [0.05, 0.1) is 36.9 Å². The molecule has 1 aromatic heterocycles. The van der Waals surface area contributed by atoms with E-state index in [1.54, 1.807) is 18.3 Å². The lowest BCUT2D eigenvalue weighted by Gasteiger charge is -2.41. The Labute approximate surface area is 186 Å². The van der Waals surface area contributed by atoms with Crippen LogP contribution in [-0.4, -0.2) is 72.0 Å². The van der Waals surface area contributed by atoms with Crippen LogP contribution >= 0.6 is 0 Å². The molecule has 0 unspecified atom stereocenters. The van der Waals surface area contributed by atoms with E-state index in [9.17, 15) is 15.2 Å². The van der Waals surface area contributed by atoms with Crippen molar-refractivity contribution in [2.24, 2.45) is 11.8 Å². The number of hydrogen-bond acceptors (Lipinski definition) is 7. The van der Waals surface area contributed by atoms with Crippen LogP contribution in [0.3, 0.4) is 0 Å². The zero-order valence-corrected chi connectivity index (χ0v) is 17.6. The van der Waals surface area contributed by atoms with Gasteiger partial charge in [0.25, 0.3) is 5.91 Å². The zero-order chi connectivity index (χ0) is 21.9. The number of benzene rings is 1. The molecule has 0 saturated carbocycles. The van der Waals surface area contributed by atoms with Crippen LogP contribution in [0, 0.1) is 23.2 Å². The van der Waals surface area contributed by atoms with E-state index in [1.807, 2.05) is 23.1 Å². The molecule has 0 radical (unpaired) electrons. The molecule has 4 atom stereocenters. The third kappa shape index (κ3) is 2.74. The second kappa shape index (κ2) is 7.19. The molecule has 8 nitrogen and oxygen atoms in total. The van der Waals surface area contributed by atoms with E-state index in [-0.39, 0.29) is 30.5 Å². The third-order valence-electron chi connectivity index (χ3n) is 7.44. The Balaban J connectivity index is 1.32. The fourth-order valence-electron chi connectivity index (χ4n) is 6.04. The number of para-hydroxylation sites is 1. The molecule has 4 aliphatic rings. The molecule has 0 aliphatic carbocycles. The first-order valence-electron chi connectivity index (χ1n) is 11.1. The van der Waals surface area contributed by atoms with Gasteiger partial charge in [0.2, 0.25) is 0 Å². The van der Waals surface area contributed by atoms with Crippen LogP contribution in [0.5, 0.6) is 5.75 Å². The quantitative estimate of drug-likeness (QED) is 0.779. The highest BCUT2D eigenvalue weighted by molar-refractivity contribution is 5.98. The summed E-state index contributed by atoms with van der Waals surface area (Å²) in [4.78, 5) is 21.9. The Morgan fingerprint density at radius 1 is 1.28 bits per heavy atom. The highest BCUT2D eigenvalue weighted by Gasteiger charge is 2.63. The maximum absolute atomic E-state index is 13.5. The van der Waals surface area contributed by atoms with Gasteiger partial charge in [-0.2, -0.15) is 5.26 Å². The Hall–Kier alpha value is -3.15. The van der Waals surface area contributed by atoms with Crippen LogP contribution in [0.15, 0.2) is 36.5 Å². The van der Waals surface area contributed by atoms with E-state index in [4.69, 9.17) is 9.47 Å². The predicted octanol–water partition coefficient (Wildman–Crippen LogP) is 1.23. The third-order valence-corrected chi connectivity index (χ3v) is 7.44. The molecule has 164 valence electrons. The molecule has 3 saturated heterocycles. The van der Waals surface area contributed by atoms with Crippen LogP contribution in [0.1, 0.15) is 21.5 Å². The summed E-state index contributed by atoms with van der Waals surface area (Å²) in [6.07, 6.45) is 2.35. The van der Waals surface area contributed by atoms with Gasteiger partial charge in [-0.1, -0.05) is 12.1 Å². The number of amides is 1. The van der Waals surface area contributed by atoms with E-state index in [0.29, 0.717) is 55.5 Å². The highest BCUT2D eigenvalue weighted by Crippen LogP contribution is 2.50. The largest absolute Gasteiger partial charge is 0.492 e. The van der Waals surface area contributed by atoms with Crippen molar-refractivity contribution in [3.63, 3.8) is 0 Å². The van der Waals surface area contributed by atoms with Crippen molar-refractivity contribution in [2.75, 3.05) is 44.3 Å². The Morgan fingerprint density at radius 2 is 2.19 bits per heavy atom. The lowest BCUT2D eigenvalue weighted by Crippen LogP contribution is -2.55. The number of ether oxygens (including phenoxy) is 2. The van der Waals surface area contributed by atoms with Crippen LogP contribution in [0.2, 0.25) is 0 Å². The lowest BCUT2D eigenvalue weighted by molar-refractivity contribution is -0.0627. The SMILES string of the molecule is N#Cc1cccnc1N1C[C@H]2O[C@@]3(CN(C(=O)c4cccc5c4OCC5)C[C@@H]3[C@@H]2CO)C1. The Bertz CT molecular complexity index is 1130. The lowest BCUT2D eigenvalue weighted by atomic mass is 9.83. The normalized spacial score (nSPS) is 29.9. The maximum Gasteiger partial charge on any atom is 0.257 e. The van der Waals surface area contributed by atoms with Gasteiger partial charge in [-0.05, 0) is 23.8 Å².